The van der Waals surface area contributed by atoms with Crippen LogP contribution in [0.5, 0.6) is 0 Å². The molecule has 5 nitrogen and oxygen atoms in total. The van der Waals surface area contributed by atoms with Crippen LogP contribution in [0.2, 0.25) is 0 Å². The van der Waals surface area contributed by atoms with Crippen molar-refractivity contribution in [2.24, 2.45) is 0 Å². The number of halogens is 1. The molecule has 2 heterocycles. The third kappa shape index (κ3) is 2.57. The Labute approximate surface area is 142 Å². The van der Waals surface area contributed by atoms with Gasteiger partial charge in [-0.05, 0) is 18.4 Å². The van der Waals surface area contributed by atoms with E-state index in [4.69, 9.17) is 5.73 Å². The van der Waals surface area contributed by atoms with Gasteiger partial charge in [0.25, 0.3) is 0 Å². The van der Waals surface area contributed by atoms with Gasteiger partial charge in [-0.25, -0.2) is 14.8 Å². The molecule has 0 aliphatic rings. The summed E-state index contributed by atoms with van der Waals surface area (Å²) < 4.78 is 0.955. The minimum atomic E-state index is -1.05. The summed E-state index contributed by atoms with van der Waals surface area (Å²) in [6.45, 7) is 0. The molecule has 22 heavy (non-hydrogen) atoms. The Morgan fingerprint density at radius 2 is 2.00 bits per heavy atom. The van der Waals surface area contributed by atoms with E-state index in [1.165, 1.54) is 11.8 Å². The predicted molar refractivity (Wildman–Crippen MR) is 93.7 cm³/mol. The van der Waals surface area contributed by atoms with E-state index in [2.05, 4.69) is 25.9 Å². The monoisotopic (exact) mass is 395 g/mol. The first kappa shape index (κ1) is 15.3. The number of carbonyl (C=O) groups is 1. The number of anilines is 1. The summed E-state index contributed by atoms with van der Waals surface area (Å²) in [5.74, 6) is -1.05. The topological polar surface area (TPSA) is 89.1 Å². The molecule has 0 unspecified atom stereocenters. The van der Waals surface area contributed by atoms with Gasteiger partial charge in [-0.1, -0.05) is 39.8 Å². The second-order valence-corrected chi connectivity index (χ2v) is 7.08. The summed E-state index contributed by atoms with van der Waals surface area (Å²) in [4.78, 5) is 20.9. The molecule has 0 amide bonds. The Hall–Kier alpha value is -1.64. The molecule has 3 rings (SSSR count). The molecule has 2 aromatic heterocycles. The number of hydrogen-bond acceptors (Lipinski definition) is 6. The molecular weight excluding hydrogens is 386 g/mol. The number of nitrogens with two attached hydrogens (primary N) is 1. The van der Waals surface area contributed by atoms with Crippen molar-refractivity contribution in [1.29, 1.82) is 0 Å². The van der Waals surface area contributed by atoms with Crippen LogP contribution in [0.4, 0.5) is 5.69 Å². The summed E-state index contributed by atoms with van der Waals surface area (Å²) in [6, 6.07) is 7.63. The molecular formula is C14H10BrN3O2S2. The molecule has 0 saturated carbocycles. The number of nitrogen functional groups attached to an aromatic ring is 1. The molecule has 3 aromatic rings. The number of rotatable bonds is 3. The Bertz CT molecular complexity index is 878. The van der Waals surface area contributed by atoms with Gasteiger partial charge in [0.1, 0.15) is 9.71 Å². The van der Waals surface area contributed by atoms with Crippen molar-refractivity contribution < 1.29 is 9.90 Å². The molecule has 0 bridgehead atoms. The molecule has 0 radical (unpaired) electrons. The van der Waals surface area contributed by atoms with Crippen molar-refractivity contribution >= 4 is 60.9 Å². The maximum atomic E-state index is 11.3. The first-order valence-electron chi connectivity index (χ1n) is 6.14. The molecule has 0 atom stereocenters. The van der Waals surface area contributed by atoms with Crippen LogP contribution < -0.4 is 5.73 Å². The SMILES string of the molecule is CSc1nc(-c2ccc(Br)cc2)c2c(N)c(C(=O)O)sc2n1. The van der Waals surface area contributed by atoms with Gasteiger partial charge in [0.2, 0.25) is 0 Å². The average molecular weight is 396 g/mol. The quantitative estimate of drug-likeness (QED) is 0.511. The van der Waals surface area contributed by atoms with E-state index >= 15 is 0 Å². The predicted octanol–water partition coefficient (Wildman–Crippen LogP) is 4.12. The summed E-state index contributed by atoms with van der Waals surface area (Å²) in [5, 5.41) is 10.4. The average Bonchev–Trinajstić information content (AvgIpc) is 2.84. The number of aromatic nitrogens is 2. The van der Waals surface area contributed by atoms with Gasteiger partial charge in [-0.3, -0.25) is 0 Å². The van der Waals surface area contributed by atoms with E-state index < -0.39 is 5.97 Å². The molecule has 1 aromatic carbocycles. The van der Waals surface area contributed by atoms with Gasteiger partial charge in [0, 0.05) is 10.0 Å². The fourth-order valence-corrected chi connectivity index (χ4v) is 3.69. The van der Waals surface area contributed by atoms with E-state index in [9.17, 15) is 9.90 Å². The largest absolute Gasteiger partial charge is 0.477 e. The minimum Gasteiger partial charge on any atom is -0.477 e. The second-order valence-electron chi connectivity index (χ2n) is 4.40. The molecule has 112 valence electrons. The van der Waals surface area contributed by atoms with E-state index in [1.807, 2.05) is 30.5 Å². The molecule has 0 spiro atoms. The normalized spacial score (nSPS) is 11.0. The third-order valence-corrected chi connectivity index (χ3v) is 5.23. The van der Waals surface area contributed by atoms with Gasteiger partial charge in [0.15, 0.2) is 5.16 Å². The molecule has 0 saturated heterocycles. The minimum absolute atomic E-state index is 0.0981. The number of thioether (sulfide) groups is 1. The van der Waals surface area contributed by atoms with E-state index in [-0.39, 0.29) is 10.6 Å². The number of carboxylic acids is 1. The number of aromatic carboxylic acids is 1. The van der Waals surface area contributed by atoms with Crippen LogP contribution in [0, 0.1) is 0 Å². The van der Waals surface area contributed by atoms with E-state index in [1.54, 1.807) is 0 Å². The second kappa shape index (κ2) is 5.86. The lowest BCUT2D eigenvalue weighted by Crippen LogP contribution is -1.98. The number of nitrogens with zero attached hydrogens (tertiary/aromatic N) is 2. The number of benzene rings is 1. The van der Waals surface area contributed by atoms with Crippen LogP contribution in [-0.4, -0.2) is 27.3 Å². The lowest BCUT2D eigenvalue weighted by atomic mass is 10.1. The van der Waals surface area contributed by atoms with Gasteiger partial charge in [0.05, 0.1) is 16.8 Å². The smallest absolute Gasteiger partial charge is 0.348 e. The summed E-state index contributed by atoms with van der Waals surface area (Å²) in [7, 11) is 0. The highest BCUT2D eigenvalue weighted by Crippen LogP contribution is 2.39. The van der Waals surface area contributed by atoms with Crippen molar-refractivity contribution in [3.63, 3.8) is 0 Å². The number of carboxylic acid groups (broad SMARTS) is 1. The molecule has 0 fully saturated rings. The van der Waals surface area contributed by atoms with E-state index in [0.717, 1.165) is 21.4 Å². The Morgan fingerprint density at radius 3 is 2.59 bits per heavy atom. The van der Waals surface area contributed by atoms with Crippen molar-refractivity contribution in [1.82, 2.24) is 9.97 Å². The molecule has 0 aliphatic carbocycles. The molecule has 8 heteroatoms. The third-order valence-electron chi connectivity index (χ3n) is 3.06. The maximum absolute atomic E-state index is 11.3. The van der Waals surface area contributed by atoms with Crippen molar-refractivity contribution in [2.75, 3.05) is 12.0 Å². The van der Waals surface area contributed by atoms with Crippen molar-refractivity contribution in [3.05, 3.63) is 33.6 Å². The summed E-state index contributed by atoms with van der Waals surface area (Å²) >= 11 is 5.88. The molecule has 3 N–H and O–H groups in total. The van der Waals surface area contributed by atoms with Crippen molar-refractivity contribution in [3.8, 4) is 11.3 Å². The van der Waals surface area contributed by atoms with Gasteiger partial charge in [-0.15, -0.1) is 11.3 Å². The zero-order valence-electron chi connectivity index (χ0n) is 11.3. The van der Waals surface area contributed by atoms with Gasteiger partial charge in [-0.2, -0.15) is 0 Å². The summed E-state index contributed by atoms with van der Waals surface area (Å²) in [5.41, 5.74) is 7.78. The first-order chi connectivity index (χ1) is 10.5. The molecule has 0 aliphatic heterocycles. The fraction of sp³-hybridized carbons (Fsp3) is 0.0714. The number of hydrogen-bond donors (Lipinski definition) is 2. The number of thiophene rings is 1. The Morgan fingerprint density at radius 1 is 1.32 bits per heavy atom. The highest BCUT2D eigenvalue weighted by atomic mass is 79.9. The zero-order valence-corrected chi connectivity index (χ0v) is 14.6. The highest BCUT2D eigenvalue weighted by molar-refractivity contribution is 9.10. The van der Waals surface area contributed by atoms with Crippen LogP contribution in [0.15, 0.2) is 33.9 Å². The lowest BCUT2D eigenvalue weighted by molar-refractivity contribution is 0.0703. The van der Waals surface area contributed by atoms with Crippen LogP contribution in [0.1, 0.15) is 9.67 Å². The van der Waals surface area contributed by atoms with Crippen LogP contribution in [-0.2, 0) is 0 Å². The van der Waals surface area contributed by atoms with Gasteiger partial charge >= 0.3 is 5.97 Å². The first-order valence-corrected chi connectivity index (χ1v) is 8.98. The van der Waals surface area contributed by atoms with Crippen LogP contribution in [0.25, 0.3) is 21.5 Å². The highest BCUT2D eigenvalue weighted by Gasteiger charge is 2.21. The van der Waals surface area contributed by atoms with Crippen LogP contribution >= 0.6 is 39.0 Å². The summed E-state index contributed by atoms with van der Waals surface area (Å²) in [6.07, 6.45) is 1.88. The maximum Gasteiger partial charge on any atom is 0.348 e. The van der Waals surface area contributed by atoms with Gasteiger partial charge < -0.3 is 10.8 Å². The Balaban J connectivity index is 2.36. The van der Waals surface area contributed by atoms with E-state index in [0.29, 0.717) is 21.1 Å². The lowest BCUT2D eigenvalue weighted by Gasteiger charge is -2.06. The zero-order chi connectivity index (χ0) is 15.9. The Kier molecular flexibility index (Phi) is 4.07. The number of fused-ring (bicyclic) bond motifs is 1. The van der Waals surface area contributed by atoms with Crippen molar-refractivity contribution in [2.45, 2.75) is 5.16 Å². The standard InChI is InChI=1S/C14H10BrN3O2S2/c1-21-14-17-10(6-2-4-7(15)5-3-6)8-9(16)11(13(19)20)22-12(8)18-14/h2-5H,16H2,1H3,(H,19,20). The van der Waals surface area contributed by atoms with Crippen LogP contribution in [0.3, 0.4) is 0 Å². The fourth-order valence-electron chi connectivity index (χ4n) is 2.07.